The number of carbonyl (C=O) groups is 1. The van der Waals surface area contributed by atoms with Crippen LogP contribution in [0.1, 0.15) is 26.3 Å². The van der Waals surface area contributed by atoms with E-state index >= 15 is 0 Å². The Bertz CT molecular complexity index is 481. The molecule has 0 atom stereocenters. The van der Waals surface area contributed by atoms with Crippen LogP contribution in [0.15, 0.2) is 30.3 Å². The van der Waals surface area contributed by atoms with Crippen molar-refractivity contribution in [2.24, 2.45) is 0 Å². The minimum atomic E-state index is -3.37. The molecule has 0 saturated carbocycles. The Hall–Kier alpha value is -1.16. The molecule has 0 saturated heterocycles. The third-order valence-electron chi connectivity index (χ3n) is 2.53. The molecule has 1 aromatic carbocycles. The summed E-state index contributed by atoms with van der Waals surface area (Å²) in [7, 11) is -3.37. The quantitative estimate of drug-likeness (QED) is 0.826. The van der Waals surface area contributed by atoms with E-state index in [1.807, 2.05) is 30.3 Å². The summed E-state index contributed by atoms with van der Waals surface area (Å²) < 4.78 is 22.8. The van der Waals surface area contributed by atoms with Gasteiger partial charge in [-0.05, 0) is 26.3 Å². The molecule has 1 aromatic rings. The second-order valence-electron chi connectivity index (χ2n) is 5.07. The van der Waals surface area contributed by atoms with E-state index in [-0.39, 0.29) is 18.0 Å². The van der Waals surface area contributed by atoms with Crippen molar-refractivity contribution in [2.75, 3.05) is 5.75 Å². The minimum absolute atomic E-state index is 0.177. The van der Waals surface area contributed by atoms with Crippen LogP contribution in [0.4, 0.5) is 0 Å². The molecular weight excluding hydrogens is 236 g/mol. The highest BCUT2D eigenvalue weighted by Crippen LogP contribution is 2.16. The Morgan fingerprint density at radius 1 is 1.12 bits per heavy atom. The fourth-order valence-electron chi connectivity index (χ4n) is 1.30. The number of Topliss-reactive ketones (excluding diaryl/α,β-unsaturated/α-hetero) is 1. The maximum absolute atomic E-state index is 11.8. The van der Waals surface area contributed by atoms with Gasteiger partial charge in [-0.15, -0.1) is 0 Å². The van der Waals surface area contributed by atoms with E-state index < -0.39 is 14.6 Å². The van der Waals surface area contributed by atoms with Crippen molar-refractivity contribution in [1.29, 1.82) is 0 Å². The standard InChI is InChI=1S/C13H18O3S/c1-13(2,3)17(15,16)10-12(14)9-11-7-5-4-6-8-11/h4-8H,9-10H2,1-3H3. The molecule has 0 heterocycles. The van der Waals surface area contributed by atoms with E-state index in [0.717, 1.165) is 5.56 Å². The minimum Gasteiger partial charge on any atom is -0.298 e. The van der Waals surface area contributed by atoms with Crippen LogP contribution in [-0.2, 0) is 21.1 Å². The van der Waals surface area contributed by atoms with Gasteiger partial charge in [-0.3, -0.25) is 4.79 Å². The van der Waals surface area contributed by atoms with E-state index in [1.54, 1.807) is 20.8 Å². The molecule has 0 aliphatic rings. The van der Waals surface area contributed by atoms with Crippen LogP contribution in [0, 0.1) is 0 Å². The van der Waals surface area contributed by atoms with Gasteiger partial charge in [0, 0.05) is 6.42 Å². The lowest BCUT2D eigenvalue weighted by atomic mass is 10.1. The second kappa shape index (κ2) is 5.00. The smallest absolute Gasteiger partial charge is 0.162 e. The van der Waals surface area contributed by atoms with Gasteiger partial charge in [-0.2, -0.15) is 0 Å². The first kappa shape index (κ1) is 13.9. The topological polar surface area (TPSA) is 51.2 Å². The summed E-state index contributed by atoms with van der Waals surface area (Å²) >= 11 is 0. The first-order valence-electron chi connectivity index (χ1n) is 5.50. The summed E-state index contributed by atoms with van der Waals surface area (Å²) in [4.78, 5) is 11.7. The third-order valence-corrected chi connectivity index (χ3v) is 5.10. The summed E-state index contributed by atoms with van der Waals surface area (Å²) in [5.74, 6) is -0.642. The first-order chi connectivity index (χ1) is 7.72. The first-order valence-corrected chi connectivity index (χ1v) is 7.15. The molecule has 17 heavy (non-hydrogen) atoms. The Balaban J connectivity index is 2.69. The number of sulfone groups is 1. The monoisotopic (exact) mass is 254 g/mol. The fourth-order valence-corrected chi connectivity index (χ4v) is 2.26. The normalized spacial score (nSPS) is 12.4. The molecule has 0 radical (unpaired) electrons. The molecule has 0 aliphatic carbocycles. The Kier molecular flexibility index (Phi) is 4.09. The number of benzene rings is 1. The SMILES string of the molecule is CC(C)(C)S(=O)(=O)CC(=O)Cc1ccccc1. The van der Waals surface area contributed by atoms with Crippen molar-refractivity contribution in [1.82, 2.24) is 0 Å². The molecule has 0 aromatic heterocycles. The molecule has 0 N–H and O–H groups in total. The predicted molar refractivity (Wildman–Crippen MR) is 68.7 cm³/mol. The third kappa shape index (κ3) is 3.97. The zero-order valence-corrected chi connectivity index (χ0v) is 11.3. The van der Waals surface area contributed by atoms with Gasteiger partial charge < -0.3 is 0 Å². The van der Waals surface area contributed by atoms with Crippen LogP contribution in [0.25, 0.3) is 0 Å². The molecule has 0 fully saturated rings. The van der Waals surface area contributed by atoms with Gasteiger partial charge in [-0.25, -0.2) is 8.42 Å². The average Bonchev–Trinajstić information content (AvgIpc) is 2.16. The van der Waals surface area contributed by atoms with Crippen molar-refractivity contribution in [3.05, 3.63) is 35.9 Å². The van der Waals surface area contributed by atoms with Crippen LogP contribution in [0.5, 0.6) is 0 Å². The lowest BCUT2D eigenvalue weighted by Gasteiger charge is -2.18. The van der Waals surface area contributed by atoms with Crippen LogP contribution in [-0.4, -0.2) is 24.7 Å². The van der Waals surface area contributed by atoms with Crippen molar-refractivity contribution in [3.63, 3.8) is 0 Å². The number of hydrogen-bond donors (Lipinski definition) is 0. The van der Waals surface area contributed by atoms with E-state index in [9.17, 15) is 13.2 Å². The average molecular weight is 254 g/mol. The van der Waals surface area contributed by atoms with Crippen LogP contribution in [0.2, 0.25) is 0 Å². The van der Waals surface area contributed by atoms with Gasteiger partial charge in [0.2, 0.25) is 0 Å². The van der Waals surface area contributed by atoms with Gasteiger partial charge in [0.25, 0.3) is 0 Å². The number of ketones is 1. The fraction of sp³-hybridized carbons (Fsp3) is 0.462. The van der Waals surface area contributed by atoms with Crippen molar-refractivity contribution in [2.45, 2.75) is 31.9 Å². The molecule has 0 unspecified atom stereocenters. The van der Waals surface area contributed by atoms with Crippen molar-refractivity contribution < 1.29 is 13.2 Å². The molecule has 0 bridgehead atoms. The maximum Gasteiger partial charge on any atom is 0.162 e. The largest absolute Gasteiger partial charge is 0.298 e. The summed E-state index contributed by atoms with van der Waals surface area (Å²) in [6, 6.07) is 9.17. The van der Waals surface area contributed by atoms with Crippen molar-refractivity contribution in [3.8, 4) is 0 Å². The Labute approximate surface area is 103 Å². The second-order valence-corrected chi connectivity index (χ2v) is 7.82. The maximum atomic E-state index is 11.8. The highest BCUT2D eigenvalue weighted by molar-refractivity contribution is 7.93. The Morgan fingerprint density at radius 3 is 2.12 bits per heavy atom. The van der Waals surface area contributed by atoms with Gasteiger partial charge >= 0.3 is 0 Å². The van der Waals surface area contributed by atoms with Gasteiger partial charge in [-0.1, -0.05) is 30.3 Å². The zero-order valence-electron chi connectivity index (χ0n) is 10.4. The van der Waals surface area contributed by atoms with E-state index in [2.05, 4.69) is 0 Å². The van der Waals surface area contributed by atoms with E-state index in [0.29, 0.717) is 0 Å². The molecule has 0 aliphatic heterocycles. The highest BCUT2D eigenvalue weighted by Gasteiger charge is 2.30. The molecular formula is C13H18O3S. The lowest BCUT2D eigenvalue weighted by molar-refractivity contribution is -0.116. The van der Waals surface area contributed by atoms with Gasteiger partial charge in [0.15, 0.2) is 15.6 Å². The van der Waals surface area contributed by atoms with Crippen LogP contribution >= 0.6 is 0 Å². The number of rotatable bonds is 4. The highest BCUT2D eigenvalue weighted by atomic mass is 32.2. The summed E-state index contributed by atoms with van der Waals surface area (Å²) in [6.07, 6.45) is 0.177. The molecule has 0 spiro atoms. The molecule has 94 valence electrons. The Morgan fingerprint density at radius 2 is 1.65 bits per heavy atom. The summed E-state index contributed by atoms with van der Waals surface area (Å²) in [5.41, 5.74) is 0.849. The molecule has 1 rings (SSSR count). The number of hydrogen-bond acceptors (Lipinski definition) is 3. The summed E-state index contributed by atoms with van der Waals surface area (Å²) in [6.45, 7) is 4.83. The number of carbonyl (C=O) groups excluding carboxylic acids is 1. The molecule has 0 amide bonds. The van der Waals surface area contributed by atoms with Gasteiger partial charge in [0.1, 0.15) is 5.75 Å². The summed E-state index contributed by atoms with van der Waals surface area (Å²) in [5, 5.41) is 0. The lowest BCUT2D eigenvalue weighted by Crippen LogP contribution is -2.33. The van der Waals surface area contributed by atoms with Crippen LogP contribution in [0.3, 0.4) is 0 Å². The molecule has 4 heteroatoms. The predicted octanol–water partition coefficient (Wildman–Crippen LogP) is 2.01. The van der Waals surface area contributed by atoms with Gasteiger partial charge in [0.05, 0.1) is 4.75 Å². The van der Waals surface area contributed by atoms with E-state index in [1.165, 1.54) is 0 Å². The van der Waals surface area contributed by atoms with Crippen LogP contribution < -0.4 is 0 Å². The zero-order chi connectivity index (χ0) is 13.1. The van der Waals surface area contributed by atoms with E-state index in [4.69, 9.17) is 0 Å². The van der Waals surface area contributed by atoms with Crippen molar-refractivity contribution >= 4 is 15.6 Å². The molecule has 3 nitrogen and oxygen atoms in total.